The normalized spacial score (nSPS) is 13.9. The van der Waals surface area contributed by atoms with Gasteiger partial charge in [0.15, 0.2) is 17.5 Å². The van der Waals surface area contributed by atoms with Crippen LogP contribution in [0.1, 0.15) is 18.2 Å². The second kappa shape index (κ2) is 13.2. The third kappa shape index (κ3) is 5.50. The van der Waals surface area contributed by atoms with E-state index in [0.717, 1.165) is 83.7 Å². The molecule has 1 atom stereocenters. The Morgan fingerprint density at radius 1 is 0.441 bits per heavy atom. The number of allylic oxidation sites excluding steroid dienone is 1. The second-order valence-electron chi connectivity index (χ2n) is 15.6. The molecule has 0 bridgehead atoms. The monoisotopic (exact) mass is 757 g/mol. The molecule has 0 fully saturated rings. The largest absolute Gasteiger partial charge is 0.456 e. The van der Waals surface area contributed by atoms with Crippen molar-refractivity contribution >= 4 is 60.5 Å². The number of nitrogens with zero attached hydrogens (tertiary/aromatic N) is 3. The number of benzene rings is 8. The van der Waals surface area contributed by atoms with Gasteiger partial charge in [0, 0.05) is 38.4 Å². The molecular weight excluding hydrogens is 723 g/mol. The van der Waals surface area contributed by atoms with E-state index in [0.29, 0.717) is 23.4 Å². The maximum atomic E-state index is 6.67. The van der Waals surface area contributed by atoms with Crippen LogP contribution in [0.4, 0.5) is 0 Å². The summed E-state index contributed by atoms with van der Waals surface area (Å²) in [5.74, 6) is 3.15. The molecule has 5 heteroatoms. The summed E-state index contributed by atoms with van der Waals surface area (Å²) in [6.07, 6.45) is 5.25. The summed E-state index contributed by atoms with van der Waals surface area (Å²) in [6, 6.07) is 57.4. The topological polar surface area (TPSA) is 65.0 Å². The van der Waals surface area contributed by atoms with Gasteiger partial charge in [-0.15, -0.1) is 0 Å². The molecule has 0 aliphatic heterocycles. The van der Waals surface area contributed by atoms with Crippen molar-refractivity contribution < 1.29 is 8.83 Å². The van der Waals surface area contributed by atoms with Crippen LogP contribution in [0.3, 0.4) is 0 Å². The lowest BCUT2D eigenvalue weighted by atomic mass is 9.90. The van der Waals surface area contributed by atoms with Crippen LogP contribution in [0.5, 0.6) is 0 Å². The molecule has 0 amide bonds. The van der Waals surface area contributed by atoms with Gasteiger partial charge in [-0.3, -0.25) is 0 Å². The second-order valence-corrected chi connectivity index (χ2v) is 15.6. The predicted octanol–water partition coefficient (Wildman–Crippen LogP) is 14.4. The first-order valence-electron chi connectivity index (χ1n) is 20.1. The minimum absolute atomic E-state index is 0.435. The fourth-order valence-corrected chi connectivity index (χ4v) is 9.06. The zero-order chi connectivity index (χ0) is 39.0. The van der Waals surface area contributed by atoms with E-state index in [1.165, 1.54) is 27.5 Å². The highest BCUT2D eigenvalue weighted by atomic mass is 16.3. The molecule has 1 unspecified atom stereocenters. The zero-order valence-electron chi connectivity index (χ0n) is 32.2. The molecule has 12 rings (SSSR count). The maximum Gasteiger partial charge on any atom is 0.164 e. The summed E-state index contributed by atoms with van der Waals surface area (Å²) >= 11 is 0. The number of furan rings is 2. The van der Waals surface area contributed by atoms with Crippen LogP contribution >= 0.6 is 0 Å². The highest BCUT2D eigenvalue weighted by Crippen LogP contribution is 2.44. The van der Waals surface area contributed by atoms with Gasteiger partial charge in [-0.2, -0.15) is 0 Å². The average Bonchev–Trinajstić information content (AvgIpc) is 3.86. The number of fused-ring (bicyclic) bond motifs is 8. The lowest BCUT2D eigenvalue weighted by molar-refractivity contribution is 0.584. The molecule has 5 nitrogen and oxygen atoms in total. The van der Waals surface area contributed by atoms with E-state index in [1.54, 1.807) is 0 Å². The number of hydrogen-bond acceptors (Lipinski definition) is 5. The Labute approximate surface area is 340 Å². The minimum atomic E-state index is 0.435. The van der Waals surface area contributed by atoms with E-state index in [4.69, 9.17) is 23.8 Å². The van der Waals surface area contributed by atoms with Gasteiger partial charge >= 0.3 is 0 Å². The molecule has 1 aliphatic rings. The quantitative estimate of drug-likeness (QED) is 0.175. The van der Waals surface area contributed by atoms with Crippen LogP contribution in [0.15, 0.2) is 179 Å². The van der Waals surface area contributed by atoms with Gasteiger partial charge in [0.25, 0.3) is 0 Å². The van der Waals surface area contributed by atoms with Crippen LogP contribution in [0, 0.1) is 5.92 Å². The molecule has 11 aromatic rings. The van der Waals surface area contributed by atoms with Crippen molar-refractivity contribution in [3.05, 3.63) is 181 Å². The third-order valence-electron chi connectivity index (χ3n) is 11.9. The first-order valence-corrected chi connectivity index (χ1v) is 20.1. The molecule has 0 radical (unpaired) electrons. The zero-order valence-corrected chi connectivity index (χ0v) is 32.2. The third-order valence-corrected chi connectivity index (χ3v) is 11.9. The van der Waals surface area contributed by atoms with Gasteiger partial charge in [0.05, 0.1) is 0 Å². The Kier molecular flexibility index (Phi) is 7.51. The average molecular weight is 758 g/mol. The first-order chi connectivity index (χ1) is 29.1. The van der Waals surface area contributed by atoms with E-state index in [2.05, 4.69) is 165 Å². The Bertz CT molecular complexity index is 3500. The smallest absolute Gasteiger partial charge is 0.164 e. The Morgan fingerprint density at radius 3 is 1.90 bits per heavy atom. The van der Waals surface area contributed by atoms with Crippen LogP contribution in [-0.2, 0) is 6.42 Å². The van der Waals surface area contributed by atoms with Gasteiger partial charge < -0.3 is 8.83 Å². The molecule has 8 aromatic carbocycles. The maximum absolute atomic E-state index is 6.67. The van der Waals surface area contributed by atoms with Crippen LogP contribution in [0.2, 0.25) is 0 Å². The van der Waals surface area contributed by atoms with E-state index >= 15 is 0 Å². The highest BCUT2D eigenvalue weighted by molar-refractivity contribution is 6.20. The van der Waals surface area contributed by atoms with Crippen molar-refractivity contribution in [1.82, 2.24) is 15.0 Å². The Hall–Kier alpha value is -7.63. The van der Waals surface area contributed by atoms with Crippen LogP contribution < -0.4 is 0 Å². The minimum Gasteiger partial charge on any atom is -0.456 e. The molecule has 0 saturated heterocycles. The molecule has 59 heavy (non-hydrogen) atoms. The van der Waals surface area contributed by atoms with E-state index in [1.807, 2.05) is 18.2 Å². The van der Waals surface area contributed by atoms with E-state index in [-0.39, 0.29) is 0 Å². The van der Waals surface area contributed by atoms with Crippen molar-refractivity contribution in [1.29, 1.82) is 0 Å². The van der Waals surface area contributed by atoms with Crippen molar-refractivity contribution in [3.8, 4) is 56.4 Å². The van der Waals surface area contributed by atoms with E-state index in [9.17, 15) is 0 Å². The summed E-state index contributed by atoms with van der Waals surface area (Å²) in [7, 11) is 0. The fourth-order valence-electron chi connectivity index (χ4n) is 9.06. The summed E-state index contributed by atoms with van der Waals surface area (Å²) in [6.45, 7) is 2.24. The molecule has 0 spiro atoms. The molecule has 278 valence electrons. The number of aromatic nitrogens is 3. The molecule has 1 aliphatic carbocycles. The fraction of sp³-hybridized carbons (Fsp3) is 0.0556. The molecule has 3 heterocycles. The van der Waals surface area contributed by atoms with Crippen molar-refractivity contribution in [2.75, 3.05) is 0 Å². The van der Waals surface area contributed by atoms with Crippen LogP contribution in [-0.4, -0.2) is 15.0 Å². The predicted molar refractivity (Wildman–Crippen MR) is 241 cm³/mol. The summed E-state index contributed by atoms with van der Waals surface area (Å²) in [5, 5.41) is 7.76. The molecule has 0 N–H and O–H groups in total. The Morgan fingerprint density at radius 2 is 1.08 bits per heavy atom. The lowest BCUT2D eigenvalue weighted by Gasteiger charge is -2.14. The molecular formula is C54H35N3O2. The van der Waals surface area contributed by atoms with Gasteiger partial charge in [-0.05, 0) is 98.6 Å². The van der Waals surface area contributed by atoms with E-state index < -0.39 is 0 Å². The van der Waals surface area contributed by atoms with Crippen LogP contribution in [0.25, 0.3) is 117 Å². The molecule has 3 aromatic heterocycles. The highest BCUT2D eigenvalue weighted by Gasteiger charge is 2.23. The van der Waals surface area contributed by atoms with Gasteiger partial charge in [0.2, 0.25) is 0 Å². The SMILES string of the molecule is CC1C=Cc2oc3ccc(-c4nc(-c5ccc6ccccc6c5)nc(-c5cccc6oc7cccc(-c8ccc(-c9ccccc9)c9ccccc89)c7c56)n4)cc3c2C1. The van der Waals surface area contributed by atoms with Crippen molar-refractivity contribution in [2.24, 2.45) is 5.92 Å². The summed E-state index contributed by atoms with van der Waals surface area (Å²) < 4.78 is 13.0. The summed E-state index contributed by atoms with van der Waals surface area (Å²) in [5.41, 5.74) is 11.0. The number of hydrogen-bond donors (Lipinski definition) is 0. The van der Waals surface area contributed by atoms with Gasteiger partial charge in [-0.1, -0.05) is 140 Å². The first kappa shape index (κ1) is 33.5. The van der Waals surface area contributed by atoms with Gasteiger partial charge in [0.1, 0.15) is 22.5 Å². The lowest BCUT2D eigenvalue weighted by Crippen LogP contribution is -2.01. The number of rotatable bonds is 5. The van der Waals surface area contributed by atoms with Crippen molar-refractivity contribution in [3.63, 3.8) is 0 Å². The standard InChI is InChI=1S/C54H35N3O2/c1-32-21-27-46-44(29-32)45-31-37(24-28-47(45)58-46)53-55-52(36-23-22-33-11-5-6-14-35(33)30-36)56-54(57-53)43-18-10-20-49-51(43)50-42(17-9-19-48(50)59-49)41-26-25-38(34-12-3-2-4-13-34)39-15-7-8-16-40(39)41/h2-28,30-32H,29H2,1H3. The van der Waals surface area contributed by atoms with Crippen molar-refractivity contribution in [2.45, 2.75) is 13.3 Å². The van der Waals surface area contributed by atoms with Gasteiger partial charge in [-0.25, -0.2) is 15.0 Å². The Balaban J connectivity index is 1.10. The molecule has 0 saturated carbocycles. The summed E-state index contributed by atoms with van der Waals surface area (Å²) in [4.78, 5) is 15.8.